The van der Waals surface area contributed by atoms with Gasteiger partial charge in [-0.15, -0.1) is 0 Å². The van der Waals surface area contributed by atoms with Gasteiger partial charge in [0.1, 0.15) is 11.4 Å². The van der Waals surface area contributed by atoms with Crippen LogP contribution in [0.15, 0.2) is 36.7 Å². The van der Waals surface area contributed by atoms with Crippen LogP contribution in [-0.4, -0.2) is 69.7 Å². The third-order valence-electron chi connectivity index (χ3n) is 8.09. The Morgan fingerprint density at radius 1 is 1.05 bits per heavy atom. The molecule has 1 aromatic heterocycles. The number of hydrogen-bond acceptors (Lipinski definition) is 5. The van der Waals surface area contributed by atoms with Crippen molar-refractivity contribution in [3.63, 3.8) is 0 Å². The lowest BCUT2D eigenvalue weighted by molar-refractivity contribution is -0.192. The Hall–Kier alpha value is -3.14. The van der Waals surface area contributed by atoms with E-state index in [1.54, 1.807) is 12.4 Å². The van der Waals surface area contributed by atoms with E-state index in [-0.39, 0.29) is 11.5 Å². The predicted molar refractivity (Wildman–Crippen MR) is 140 cm³/mol. The molecule has 39 heavy (non-hydrogen) atoms. The molecular weight excluding hydrogens is 511 g/mol. The summed E-state index contributed by atoms with van der Waals surface area (Å²) >= 11 is 0. The van der Waals surface area contributed by atoms with E-state index in [9.17, 15) is 18.0 Å². The average molecular weight is 548 g/mol. The number of benzene rings is 1. The Balaban J connectivity index is 0.000000448. The highest BCUT2D eigenvalue weighted by molar-refractivity contribution is 5.95. The number of hydrogen-bond donors (Lipinski definition) is 1. The summed E-state index contributed by atoms with van der Waals surface area (Å²) in [5, 5.41) is 7.12. The first-order valence-corrected chi connectivity index (χ1v) is 13.3. The lowest BCUT2D eigenvalue weighted by atomic mass is 9.71. The molecule has 0 aliphatic carbocycles. The number of piperidine rings is 2. The number of rotatable bonds is 3. The first-order chi connectivity index (χ1) is 18.3. The van der Waals surface area contributed by atoms with Crippen LogP contribution in [0.4, 0.5) is 13.2 Å². The fourth-order valence-electron chi connectivity index (χ4n) is 5.80. The van der Waals surface area contributed by atoms with E-state index in [1.807, 2.05) is 17.9 Å². The lowest BCUT2D eigenvalue weighted by Crippen LogP contribution is -2.48. The van der Waals surface area contributed by atoms with E-state index in [2.05, 4.69) is 41.9 Å². The van der Waals surface area contributed by atoms with Crippen molar-refractivity contribution in [3.8, 4) is 5.75 Å². The molecule has 212 valence electrons. The van der Waals surface area contributed by atoms with Crippen LogP contribution in [0.5, 0.6) is 5.75 Å². The van der Waals surface area contributed by atoms with Gasteiger partial charge in [-0.05, 0) is 82.2 Å². The van der Waals surface area contributed by atoms with Gasteiger partial charge in [-0.1, -0.05) is 18.2 Å². The van der Waals surface area contributed by atoms with Crippen molar-refractivity contribution in [3.05, 3.63) is 58.9 Å². The summed E-state index contributed by atoms with van der Waals surface area (Å²) < 4.78 is 38.0. The Bertz CT molecular complexity index is 1200. The van der Waals surface area contributed by atoms with Crippen molar-refractivity contribution in [1.82, 2.24) is 14.8 Å². The summed E-state index contributed by atoms with van der Waals surface area (Å²) in [5.41, 5.74) is 4.75. The maximum Gasteiger partial charge on any atom is 0.490 e. The zero-order valence-corrected chi connectivity index (χ0v) is 22.7. The molecule has 0 saturated carbocycles. The number of aliphatic carboxylic acids is 1. The number of para-hydroxylation sites is 1. The minimum Gasteiger partial charge on any atom is -0.487 e. The minimum atomic E-state index is -5.08. The number of alkyl halides is 3. The fourth-order valence-corrected chi connectivity index (χ4v) is 5.80. The number of halogens is 3. The molecule has 1 amide bonds. The molecule has 0 bridgehead atoms. The number of carbonyl (C=O) groups is 2. The monoisotopic (exact) mass is 547 g/mol. The zero-order chi connectivity index (χ0) is 28.4. The highest BCUT2D eigenvalue weighted by Gasteiger charge is 2.40. The molecule has 0 unspecified atom stereocenters. The Labute approximate surface area is 227 Å². The summed E-state index contributed by atoms with van der Waals surface area (Å²) in [6, 6.07) is 8.48. The molecule has 0 atom stereocenters. The van der Waals surface area contributed by atoms with E-state index < -0.39 is 12.1 Å². The van der Waals surface area contributed by atoms with Gasteiger partial charge in [-0.3, -0.25) is 14.7 Å². The van der Waals surface area contributed by atoms with Crippen molar-refractivity contribution in [2.45, 2.75) is 71.2 Å². The minimum absolute atomic E-state index is 0.0927. The predicted octanol–water partition coefficient (Wildman–Crippen LogP) is 5.26. The van der Waals surface area contributed by atoms with Crippen molar-refractivity contribution in [2.75, 3.05) is 26.2 Å². The van der Waals surface area contributed by atoms with Crippen molar-refractivity contribution in [2.24, 2.45) is 5.41 Å². The first kappa shape index (κ1) is 28.9. The van der Waals surface area contributed by atoms with Gasteiger partial charge in [0.05, 0.1) is 0 Å². The van der Waals surface area contributed by atoms with E-state index in [0.717, 1.165) is 68.9 Å². The number of carbonyl (C=O) groups excluding carboxylic acids is 1. The van der Waals surface area contributed by atoms with Crippen molar-refractivity contribution < 1.29 is 32.6 Å². The summed E-state index contributed by atoms with van der Waals surface area (Å²) in [6.45, 7) is 11.3. The maximum atomic E-state index is 13.0. The Morgan fingerprint density at radius 2 is 1.67 bits per heavy atom. The highest BCUT2D eigenvalue weighted by atomic mass is 19.4. The quantitative estimate of drug-likeness (QED) is 0.565. The molecule has 1 aromatic carbocycles. The van der Waals surface area contributed by atoms with Gasteiger partial charge in [-0.2, -0.15) is 13.2 Å². The molecule has 2 fully saturated rings. The summed E-state index contributed by atoms with van der Waals surface area (Å²) in [6.07, 6.45) is 4.10. The first-order valence-electron chi connectivity index (χ1n) is 13.3. The van der Waals surface area contributed by atoms with Gasteiger partial charge < -0.3 is 14.7 Å². The molecule has 2 aromatic rings. The number of aromatic nitrogens is 1. The molecule has 3 aliphatic heterocycles. The van der Waals surface area contributed by atoms with E-state index in [0.29, 0.717) is 5.41 Å². The molecule has 1 spiro atoms. The SMILES string of the molecule is Cc1cnccc1C(=O)N1CCC2(CCN(Cc3cccc4c3OC(C)(C)C4)CC2)CC1.O=C(O)C(F)(F)F. The maximum absolute atomic E-state index is 13.0. The van der Waals surface area contributed by atoms with E-state index >= 15 is 0 Å². The van der Waals surface area contributed by atoms with Crippen LogP contribution in [0.25, 0.3) is 0 Å². The van der Waals surface area contributed by atoms with Gasteiger partial charge in [0, 0.05) is 49.6 Å². The summed E-state index contributed by atoms with van der Waals surface area (Å²) in [5.74, 6) is -1.47. The van der Waals surface area contributed by atoms with Gasteiger partial charge in [-0.25, -0.2) is 4.79 Å². The highest BCUT2D eigenvalue weighted by Crippen LogP contribution is 2.43. The second-order valence-corrected chi connectivity index (χ2v) is 11.5. The summed E-state index contributed by atoms with van der Waals surface area (Å²) in [7, 11) is 0. The third kappa shape index (κ3) is 6.90. The Kier molecular flexibility index (Phi) is 8.25. The normalized spacial score (nSPS) is 20.0. The molecule has 1 N–H and O–H groups in total. The molecule has 2 saturated heterocycles. The number of aryl methyl sites for hydroxylation is 1. The van der Waals surface area contributed by atoms with E-state index in [1.165, 1.54) is 24.0 Å². The molecule has 5 rings (SSSR count). The number of carboxylic acid groups (broad SMARTS) is 1. The molecular formula is C29H36F3N3O4. The second kappa shape index (κ2) is 11.2. The Morgan fingerprint density at radius 3 is 2.26 bits per heavy atom. The van der Waals surface area contributed by atoms with Crippen LogP contribution in [0.1, 0.15) is 66.6 Å². The van der Waals surface area contributed by atoms with Crippen molar-refractivity contribution in [1.29, 1.82) is 0 Å². The van der Waals surface area contributed by atoms with Crippen molar-refractivity contribution >= 4 is 11.9 Å². The number of nitrogens with zero attached hydrogens (tertiary/aromatic N) is 3. The van der Waals surface area contributed by atoms with Crippen LogP contribution in [-0.2, 0) is 17.8 Å². The average Bonchev–Trinajstić information content (AvgIpc) is 3.21. The fraction of sp³-hybridized carbons (Fsp3) is 0.552. The number of fused-ring (bicyclic) bond motifs is 1. The number of likely N-dealkylation sites (tertiary alicyclic amines) is 2. The van der Waals surface area contributed by atoms with Crippen LogP contribution >= 0.6 is 0 Å². The number of ether oxygens (including phenoxy) is 1. The third-order valence-corrected chi connectivity index (χ3v) is 8.09. The topological polar surface area (TPSA) is 83.0 Å². The number of amides is 1. The molecule has 4 heterocycles. The summed E-state index contributed by atoms with van der Waals surface area (Å²) in [4.78, 5) is 30.6. The number of pyridine rings is 1. The van der Waals surface area contributed by atoms with Gasteiger partial charge >= 0.3 is 12.1 Å². The largest absolute Gasteiger partial charge is 0.490 e. The van der Waals surface area contributed by atoms with Crippen LogP contribution in [0.2, 0.25) is 0 Å². The standard InChI is InChI=1S/C27H35N3O2.C2HF3O2/c1-20-18-28-12-7-23(20)25(31)30-15-10-27(11-16-30)8-13-29(14-9-27)19-22-6-4-5-21-17-26(2,3)32-24(21)22;3-2(4,5)1(6)7/h4-7,12,18H,8-11,13-17,19H2,1-3H3;(H,6,7). The van der Waals surface area contributed by atoms with Gasteiger partial charge in [0.25, 0.3) is 5.91 Å². The smallest absolute Gasteiger partial charge is 0.487 e. The molecule has 3 aliphatic rings. The van der Waals surface area contributed by atoms with Gasteiger partial charge in [0.15, 0.2) is 0 Å². The van der Waals surface area contributed by atoms with Crippen LogP contribution in [0, 0.1) is 12.3 Å². The lowest BCUT2D eigenvalue weighted by Gasteiger charge is -2.47. The van der Waals surface area contributed by atoms with Gasteiger partial charge in [0.2, 0.25) is 0 Å². The molecule has 10 heteroatoms. The second-order valence-electron chi connectivity index (χ2n) is 11.5. The van der Waals surface area contributed by atoms with Crippen LogP contribution in [0.3, 0.4) is 0 Å². The van der Waals surface area contributed by atoms with Crippen LogP contribution < -0.4 is 4.74 Å². The zero-order valence-electron chi connectivity index (χ0n) is 22.7. The number of carboxylic acids is 1. The molecule has 7 nitrogen and oxygen atoms in total. The molecule has 0 radical (unpaired) electrons. The van der Waals surface area contributed by atoms with E-state index in [4.69, 9.17) is 14.6 Å².